The van der Waals surface area contributed by atoms with Crippen molar-refractivity contribution in [2.24, 2.45) is 5.92 Å². The summed E-state index contributed by atoms with van der Waals surface area (Å²) in [6.45, 7) is 3.22. The second-order valence-electron chi connectivity index (χ2n) is 3.35. The summed E-state index contributed by atoms with van der Waals surface area (Å²) in [5.74, 6) is 0.834. The lowest BCUT2D eigenvalue weighted by atomic mass is 9.91. The van der Waals surface area contributed by atoms with Crippen molar-refractivity contribution < 1.29 is 4.74 Å². The van der Waals surface area contributed by atoms with E-state index in [0.29, 0.717) is 0 Å². The van der Waals surface area contributed by atoms with Gasteiger partial charge in [0.1, 0.15) is 0 Å². The Kier molecular flexibility index (Phi) is 3.82. The van der Waals surface area contributed by atoms with Gasteiger partial charge in [0.2, 0.25) is 0 Å². The highest BCUT2D eigenvalue weighted by Crippen LogP contribution is 2.21. The van der Waals surface area contributed by atoms with Crippen LogP contribution in [0.25, 0.3) is 0 Å². The molecule has 2 nitrogen and oxygen atoms in total. The largest absolute Gasteiger partial charge is 0.381 e. The molecule has 2 aliphatic rings. The first-order valence-corrected chi connectivity index (χ1v) is 4.28. The molecule has 1 N–H and O–H groups in total. The van der Waals surface area contributed by atoms with Crippen molar-refractivity contribution in [2.45, 2.75) is 25.3 Å². The molecule has 2 fully saturated rings. The Morgan fingerprint density at radius 1 is 1.18 bits per heavy atom. The number of hydrogen-bond donors (Lipinski definition) is 1. The average Bonchev–Trinajstić information content (AvgIpc) is 1.86. The Labute approximate surface area is 78.5 Å². The van der Waals surface area contributed by atoms with Gasteiger partial charge in [-0.3, -0.25) is 0 Å². The third kappa shape index (κ3) is 2.17. The molecule has 1 unspecified atom stereocenters. The molecular weight excluding hydrogens is 206 g/mol. The Morgan fingerprint density at radius 2 is 2.00 bits per heavy atom. The monoisotopic (exact) mass is 221 g/mol. The van der Waals surface area contributed by atoms with Gasteiger partial charge in [0, 0.05) is 12.0 Å². The van der Waals surface area contributed by atoms with E-state index in [4.69, 9.17) is 4.74 Å². The van der Waals surface area contributed by atoms with E-state index in [1.165, 1.54) is 25.8 Å². The summed E-state index contributed by atoms with van der Waals surface area (Å²) < 4.78 is 5.15. The van der Waals surface area contributed by atoms with Crippen LogP contribution in [0.15, 0.2) is 0 Å². The van der Waals surface area contributed by atoms with Crippen molar-refractivity contribution in [1.82, 2.24) is 5.32 Å². The van der Waals surface area contributed by atoms with Crippen LogP contribution in [0.1, 0.15) is 19.3 Å². The van der Waals surface area contributed by atoms with E-state index >= 15 is 0 Å². The van der Waals surface area contributed by atoms with E-state index in [1.807, 2.05) is 0 Å². The molecule has 0 spiro atoms. The summed E-state index contributed by atoms with van der Waals surface area (Å²) in [5.41, 5.74) is 0. The van der Waals surface area contributed by atoms with E-state index in [1.54, 1.807) is 0 Å². The minimum Gasteiger partial charge on any atom is -0.381 e. The maximum absolute atomic E-state index is 5.15. The van der Waals surface area contributed by atoms with Gasteiger partial charge in [0.25, 0.3) is 0 Å². The second-order valence-corrected chi connectivity index (χ2v) is 3.35. The SMILES string of the molecule is Br.C1CCC(C2COC2)NC1. The molecule has 2 rings (SSSR count). The Hall–Kier alpha value is 0.400. The molecule has 2 heterocycles. The minimum atomic E-state index is 0. The fourth-order valence-corrected chi connectivity index (χ4v) is 1.77. The number of rotatable bonds is 1. The Bertz CT molecular complexity index is 111. The molecule has 0 amide bonds. The van der Waals surface area contributed by atoms with E-state index in [0.717, 1.165) is 25.2 Å². The number of hydrogen-bond acceptors (Lipinski definition) is 2. The van der Waals surface area contributed by atoms with Crippen LogP contribution in [0.5, 0.6) is 0 Å². The van der Waals surface area contributed by atoms with Crippen molar-refractivity contribution >= 4 is 17.0 Å². The fourth-order valence-electron chi connectivity index (χ4n) is 1.77. The van der Waals surface area contributed by atoms with Crippen LogP contribution in [0.3, 0.4) is 0 Å². The van der Waals surface area contributed by atoms with Gasteiger partial charge in [-0.1, -0.05) is 6.42 Å². The van der Waals surface area contributed by atoms with Crippen LogP contribution >= 0.6 is 17.0 Å². The molecule has 0 aliphatic carbocycles. The summed E-state index contributed by atoms with van der Waals surface area (Å²) in [7, 11) is 0. The standard InChI is InChI=1S/C8H15NO.BrH/c1-2-4-9-8(3-1)7-5-10-6-7;/h7-9H,1-6H2;1H. The molecule has 0 aromatic carbocycles. The minimum absolute atomic E-state index is 0. The van der Waals surface area contributed by atoms with Gasteiger partial charge in [-0.2, -0.15) is 0 Å². The third-order valence-corrected chi connectivity index (χ3v) is 2.58. The molecule has 0 bridgehead atoms. The molecule has 0 radical (unpaired) electrons. The fraction of sp³-hybridized carbons (Fsp3) is 1.00. The molecule has 0 aromatic rings. The molecule has 3 heteroatoms. The summed E-state index contributed by atoms with van der Waals surface area (Å²) in [6, 6.07) is 0.780. The van der Waals surface area contributed by atoms with E-state index in [2.05, 4.69) is 5.32 Å². The summed E-state index contributed by atoms with van der Waals surface area (Å²) in [6.07, 6.45) is 4.15. The Morgan fingerprint density at radius 3 is 2.45 bits per heavy atom. The zero-order chi connectivity index (χ0) is 6.81. The number of ether oxygens (including phenoxy) is 1. The van der Waals surface area contributed by atoms with E-state index < -0.39 is 0 Å². The molecule has 11 heavy (non-hydrogen) atoms. The smallest absolute Gasteiger partial charge is 0.0531 e. The zero-order valence-corrected chi connectivity index (χ0v) is 8.43. The average molecular weight is 222 g/mol. The van der Waals surface area contributed by atoms with Crippen molar-refractivity contribution in [1.29, 1.82) is 0 Å². The van der Waals surface area contributed by atoms with Gasteiger partial charge in [-0.05, 0) is 19.4 Å². The van der Waals surface area contributed by atoms with Gasteiger partial charge in [-0.25, -0.2) is 0 Å². The van der Waals surface area contributed by atoms with Crippen LogP contribution in [0.4, 0.5) is 0 Å². The van der Waals surface area contributed by atoms with Crippen molar-refractivity contribution in [3.05, 3.63) is 0 Å². The van der Waals surface area contributed by atoms with E-state index in [-0.39, 0.29) is 17.0 Å². The van der Waals surface area contributed by atoms with Crippen LogP contribution in [-0.4, -0.2) is 25.8 Å². The molecule has 1 atom stereocenters. The van der Waals surface area contributed by atoms with Crippen molar-refractivity contribution in [3.63, 3.8) is 0 Å². The lowest BCUT2D eigenvalue weighted by molar-refractivity contribution is -0.0532. The predicted octanol–water partition coefficient (Wildman–Crippen LogP) is 1.35. The van der Waals surface area contributed by atoms with Crippen LogP contribution in [-0.2, 0) is 4.74 Å². The first kappa shape index (κ1) is 9.49. The van der Waals surface area contributed by atoms with E-state index in [9.17, 15) is 0 Å². The molecule has 66 valence electrons. The normalized spacial score (nSPS) is 32.2. The number of nitrogens with one attached hydrogen (secondary N) is 1. The first-order chi connectivity index (χ1) is 4.97. The summed E-state index contributed by atoms with van der Waals surface area (Å²) in [4.78, 5) is 0. The van der Waals surface area contributed by atoms with Gasteiger partial charge in [-0.15, -0.1) is 17.0 Å². The van der Waals surface area contributed by atoms with Crippen molar-refractivity contribution in [2.75, 3.05) is 19.8 Å². The zero-order valence-electron chi connectivity index (χ0n) is 6.71. The van der Waals surface area contributed by atoms with Gasteiger partial charge >= 0.3 is 0 Å². The van der Waals surface area contributed by atoms with Crippen molar-refractivity contribution in [3.8, 4) is 0 Å². The third-order valence-electron chi connectivity index (χ3n) is 2.58. The predicted molar refractivity (Wildman–Crippen MR) is 50.3 cm³/mol. The maximum Gasteiger partial charge on any atom is 0.0531 e. The van der Waals surface area contributed by atoms with Gasteiger partial charge in [0.15, 0.2) is 0 Å². The van der Waals surface area contributed by atoms with Crippen LogP contribution in [0, 0.1) is 5.92 Å². The summed E-state index contributed by atoms with van der Waals surface area (Å²) >= 11 is 0. The number of piperidine rings is 1. The van der Waals surface area contributed by atoms with Gasteiger partial charge in [0.05, 0.1) is 13.2 Å². The lowest BCUT2D eigenvalue weighted by Crippen LogP contribution is -2.48. The molecule has 0 saturated carbocycles. The highest BCUT2D eigenvalue weighted by atomic mass is 79.9. The van der Waals surface area contributed by atoms with Crippen LogP contribution < -0.4 is 5.32 Å². The number of halogens is 1. The molecule has 2 aliphatic heterocycles. The summed E-state index contributed by atoms with van der Waals surface area (Å²) in [5, 5.41) is 3.54. The quantitative estimate of drug-likeness (QED) is 0.723. The molecule has 2 saturated heterocycles. The topological polar surface area (TPSA) is 21.3 Å². The molecule has 0 aromatic heterocycles. The highest BCUT2D eigenvalue weighted by Gasteiger charge is 2.28. The second kappa shape index (κ2) is 4.43. The highest BCUT2D eigenvalue weighted by molar-refractivity contribution is 8.93. The maximum atomic E-state index is 5.15. The van der Waals surface area contributed by atoms with Gasteiger partial charge < -0.3 is 10.1 Å². The lowest BCUT2D eigenvalue weighted by Gasteiger charge is -2.36. The molecular formula is C8H16BrNO. The first-order valence-electron chi connectivity index (χ1n) is 4.28. The van der Waals surface area contributed by atoms with Crippen LogP contribution in [0.2, 0.25) is 0 Å². The Balaban J connectivity index is 0.000000605.